The van der Waals surface area contributed by atoms with E-state index < -0.39 is 54.7 Å². The van der Waals surface area contributed by atoms with Gasteiger partial charge in [-0.3, -0.25) is 14.5 Å². The van der Waals surface area contributed by atoms with E-state index in [2.05, 4.69) is 10.2 Å². The summed E-state index contributed by atoms with van der Waals surface area (Å²) in [5, 5.41) is 44.9. The van der Waals surface area contributed by atoms with Crippen molar-refractivity contribution in [2.24, 2.45) is 10.2 Å². The van der Waals surface area contributed by atoms with E-state index in [1.165, 1.54) is 0 Å². The van der Waals surface area contributed by atoms with E-state index in [1.807, 2.05) is 0 Å². The lowest BCUT2D eigenvalue weighted by molar-refractivity contribution is -0.144. The lowest BCUT2D eigenvalue weighted by atomic mass is 10.1. The Morgan fingerprint density at radius 3 is 2.50 bits per heavy atom. The maximum absolute atomic E-state index is 12.5. The molecule has 0 radical (unpaired) electrons. The van der Waals surface area contributed by atoms with Gasteiger partial charge in [-0.2, -0.15) is 5.10 Å². The molecule has 10 nitrogen and oxygen atoms in total. The molecule has 4 N–H and O–H groups in total. The van der Waals surface area contributed by atoms with Crippen LogP contribution in [0.4, 0.5) is 0 Å². The number of amidine groups is 1. The second-order valence-electron chi connectivity index (χ2n) is 5.57. The number of nitrogens with zero attached hydrogens (tertiary/aromatic N) is 3. The molecule has 1 amide bonds. The van der Waals surface area contributed by atoms with Crippen LogP contribution in [0.15, 0.2) is 10.2 Å². The van der Waals surface area contributed by atoms with Crippen molar-refractivity contribution in [3.63, 3.8) is 0 Å². The molecule has 2 aliphatic heterocycles. The first-order valence-corrected chi connectivity index (χ1v) is 8.07. The third-order valence-electron chi connectivity index (χ3n) is 3.43. The third kappa shape index (κ3) is 3.75. The van der Waals surface area contributed by atoms with E-state index in [4.69, 9.17) is 14.9 Å². The Balaban J connectivity index is 2.32. The van der Waals surface area contributed by atoms with E-state index in [1.54, 1.807) is 13.8 Å². The summed E-state index contributed by atoms with van der Waals surface area (Å²) in [6.45, 7) is 2.84. The molecule has 134 valence electrons. The molecule has 0 saturated carbocycles. The number of thioether (sulfide) groups is 1. The molecule has 2 fully saturated rings. The lowest BCUT2D eigenvalue weighted by Crippen LogP contribution is -2.48. The number of aliphatic hydroxyl groups is 3. The van der Waals surface area contributed by atoms with Crippen LogP contribution in [0.2, 0.25) is 0 Å². The number of hydrogen-bond donors (Lipinski definition) is 4. The first-order valence-electron chi connectivity index (χ1n) is 7.19. The fourth-order valence-corrected chi connectivity index (χ4v) is 3.40. The van der Waals surface area contributed by atoms with E-state index in [0.717, 1.165) is 16.7 Å². The SMILES string of the molecule is CC(C)=N/N=C1/SC(CC(=O)O)C(=O)N1[C@@H]1O[C@H](CO)[C@@H](O)[C@H]1O. The smallest absolute Gasteiger partial charge is 0.305 e. The third-order valence-corrected chi connectivity index (χ3v) is 4.58. The van der Waals surface area contributed by atoms with Crippen molar-refractivity contribution in [1.29, 1.82) is 0 Å². The topological polar surface area (TPSA) is 152 Å². The normalized spacial score (nSPS) is 34.9. The molecule has 2 heterocycles. The van der Waals surface area contributed by atoms with Crippen LogP contribution < -0.4 is 0 Å². The molecule has 24 heavy (non-hydrogen) atoms. The van der Waals surface area contributed by atoms with Crippen LogP contribution in [0.25, 0.3) is 0 Å². The molecule has 2 aliphatic rings. The van der Waals surface area contributed by atoms with Gasteiger partial charge in [0.1, 0.15) is 23.6 Å². The van der Waals surface area contributed by atoms with Gasteiger partial charge >= 0.3 is 5.97 Å². The molecule has 0 spiro atoms. The van der Waals surface area contributed by atoms with Crippen LogP contribution >= 0.6 is 11.8 Å². The van der Waals surface area contributed by atoms with Gasteiger partial charge in [0, 0.05) is 5.71 Å². The zero-order valence-corrected chi connectivity index (χ0v) is 13.9. The Morgan fingerprint density at radius 2 is 2.00 bits per heavy atom. The highest BCUT2D eigenvalue weighted by Crippen LogP contribution is 2.35. The molecular formula is C13H19N3O7S. The molecule has 1 unspecified atom stereocenters. The zero-order chi connectivity index (χ0) is 18.0. The van der Waals surface area contributed by atoms with Gasteiger partial charge in [-0.25, -0.2) is 0 Å². The van der Waals surface area contributed by atoms with Crippen molar-refractivity contribution in [1.82, 2.24) is 4.90 Å². The summed E-state index contributed by atoms with van der Waals surface area (Å²) in [7, 11) is 0. The highest BCUT2D eigenvalue weighted by atomic mass is 32.2. The Bertz CT molecular complexity index is 578. The zero-order valence-electron chi connectivity index (χ0n) is 13.1. The summed E-state index contributed by atoms with van der Waals surface area (Å²) in [5.41, 5.74) is 0.610. The van der Waals surface area contributed by atoms with Crippen molar-refractivity contribution in [3.8, 4) is 0 Å². The fourth-order valence-electron chi connectivity index (χ4n) is 2.31. The molecule has 2 rings (SSSR count). The molecule has 0 bridgehead atoms. The number of carboxylic acid groups (broad SMARTS) is 1. The molecule has 0 aromatic carbocycles. The molecule has 5 atom stereocenters. The van der Waals surface area contributed by atoms with Crippen LogP contribution in [-0.2, 0) is 14.3 Å². The second kappa shape index (κ2) is 7.57. The van der Waals surface area contributed by atoms with E-state index in [9.17, 15) is 19.8 Å². The predicted molar refractivity (Wildman–Crippen MR) is 84.5 cm³/mol. The van der Waals surface area contributed by atoms with E-state index in [0.29, 0.717) is 5.71 Å². The van der Waals surface area contributed by atoms with Gasteiger partial charge in [0.2, 0.25) is 5.91 Å². The summed E-state index contributed by atoms with van der Waals surface area (Å²) in [6.07, 6.45) is -5.61. The van der Waals surface area contributed by atoms with Crippen molar-refractivity contribution in [2.75, 3.05) is 6.61 Å². The second-order valence-corrected chi connectivity index (χ2v) is 6.74. The number of aliphatic carboxylic acids is 1. The van der Waals surface area contributed by atoms with Gasteiger partial charge in [-0.05, 0) is 13.8 Å². The molecule has 0 aromatic rings. The van der Waals surface area contributed by atoms with Gasteiger partial charge in [-0.15, -0.1) is 5.10 Å². The maximum Gasteiger partial charge on any atom is 0.305 e. The molecule has 0 aromatic heterocycles. The van der Waals surface area contributed by atoms with Crippen LogP contribution in [-0.4, -0.2) is 84.5 Å². The Morgan fingerprint density at radius 1 is 1.33 bits per heavy atom. The number of hydrogen-bond acceptors (Lipinski definition) is 9. The van der Waals surface area contributed by atoms with Crippen molar-refractivity contribution < 1.29 is 34.8 Å². The Labute approximate surface area is 141 Å². The van der Waals surface area contributed by atoms with Gasteiger partial charge < -0.3 is 25.2 Å². The number of carboxylic acids is 1. The quantitative estimate of drug-likeness (QED) is 0.344. The van der Waals surface area contributed by atoms with Crippen molar-refractivity contribution >= 4 is 34.5 Å². The highest BCUT2D eigenvalue weighted by molar-refractivity contribution is 8.15. The van der Waals surface area contributed by atoms with Gasteiger partial charge in [0.25, 0.3) is 0 Å². The lowest BCUT2D eigenvalue weighted by Gasteiger charge is -2.25. The Kier molecular flexibility index (Phi) is 5.93. The molecule has 11 heteroatoms. The largest absolute Gasteiger partial charge is 0.481 e. The summed E-state index contributed by atoms with van der Waals surface area (Å²) in [4.78, 5) is 24.4. The maximum atomic E-state index is 12.5. The molecular weight excluding hydrogens is 342 g/mol. The van der Waals surface area contributed by atoms with Crippen molar-refractivity contribution in [2.45, 2.75) is 50.1 Å². The summed E-state index contributed by atoms with van der Waals surface area (Å²) in [5.74, 6) is -1.77. The van der Waals surface area contributed by atoms with Gasteiger partial charge in [0.15, 0.2) is 11.4 Å². The predicted octanol–water partition coefficient (Wildman–Crippen LogP) is -1.40. The first kappa shape index (κ1) is 18.8. The van der Waals surface area contributed by atoms with Crippen LogP contribution in [0.5, 0.6) is 0 Å². The number of aliphatic hydroxyl groups excluding tert-OH is 3. The van der Waals surface area contributed by atoms with Gasteiger partial charge in [-0.1, -0.05) is 11.8 Å². The monoisotopic (exact) mass is 361 g/mol. The van der Waals surface area contributed by atoms with Crippen molar-refractivity contribution in [3.05, 3.63) is 0 Å². The number of ether oxygens (including phenoxy) is 1. The van der Waals surface area contributed by atoms with Crippen LogP contribution in [0.3, 0.4) is 0 Å². The summed E-state index contributed by atoms with van der Waals surface area (Å²) in [6, 6.07) is 0. The van der Waals surface area contributed by atoms with E-state index in [-0.39, 0.29) is 5.17 Å². The van der Waals surface area contributed by atoms with E-state index >= 15 is 0 Å². The number of rotatable bonds is 5. The minimum Gasteiger partial charge on any atom is -0.481 e. The highest BCUT2D eigenvalue weighted by Gasteiger charge is 2.52. The van der Waals surface area contributed by atoms with Gasteiger partial charge in [0.05, 0.1) is 13.0 Å². The van der Waals surface area contributed by atoms with Crippen LogP contribution in [0.1, 0.15) is 20.3 Å². The molecule has 0 aliphatic carbocycles. The number of amides is 1. The minimum atomic E-state index is -1.47. The number of carbonyl (C=O) groups is 2. The molecule has 2 saturated heterocycles. The first-order chi connectivity index (χ1) is 11.3. The summed E-state index contributed by atoms with van der Waals surface area (Å²) >= 11 is 0.899. The minimum absolute atomic E-state index is 0.0716. The average molecular weight is 361 g/mol. The van der Waals surface area contributed by atoms with Crippen LogP contribution in [0, 0.1) is 0 Å². The summed E-state index contributed by atoms with van der Waals surface area (Å²) < 4.78 is 5.34. The standard InChI is InChI=1S/C13H19N3O7S/c1-5(2)14-15-13-16(11(22)7(24-13)3-8(18)19)12-10(21)9(20)6(4-17)23-12/h6-7,9-10,12,17,20-21H,3-4H2,1-2H3,(H,18,19)/b15-13+/t6-,7?,9-,10-,12-/m1/s1. The number of carbonyl (C=O) groups excluding carboxylic acids is 1. The Hall–Kier alpha value is -1.53. The fraction of sp³-hybridized carbons (Fsp3) is 0.692. The average Bonchev–Trinajstić information content (AvgIpc) is 2.95.